The third-order valence-electron chi connectivity index (χ3n) is 5.13. The number of piperidine rings is 1. The summed E-state index contributed by atoms with van der Waals surface area (Å²) in [6.45, 7) is 10.2. The second-order valence-corrected chi connectivity index (χ2v) is 6.87. The predicted octanol–water partition coefficient (Wildman–Crippen LogP) is 2.04. The van der Waals surface area contributed by atoms with Crippen LogP contribution < -0.4 is 0 Å². The molecule has 0 N–H and O–H groups in total. The Balaban J connectivity index is 1.35. The maximum absolute atomic E-state index is 9.08. The van der Waals surface area contributed by atoms with Gasteiger partial charge in [0, 0.05) is 52.4 Å². The van der Waals surface area contributed by atoms with E-state index in [1.807, 2.05) is 0 Å². The summed E-state index contributed by atoms with van der Waals surface area (Å²) in [5.41, 5.74) is 1.41. The van der Waals surface area contributed by atoms with Crippen molar-refractivity contribution >= 4 is 0 Å². The van der Waals surface area contributed by atoms with Crippen molar-refractivity contribution in [1.29, 1.82) is 5.26 Å². The van der Waals surface area contributed by atoms with Gasteiger partial charge in [-0.25, -0.2) is 0 Å². The molecule has 0 spiro atoms. The molecule has 1 aromatic carbocycles. The molecule has 0 aromatic heterocycles. The predicted molar refractivity (Wildman–Crippen MR) is 92.9 cm³/mol. The minimum atomic E-state index is 0.256. The summed E-state index contributed by atoms with van der Waals surface area (Å²) in [5, 5.41) is 9.08. The van der Waals surface area contributed by atoms with Crippen LogP contribution in [-0.2, 0) is 6.54 Å². The lowest BCUT2D eigenvalue weighted by atomic mass is 10.00. The topological polar surface area (TPSA) is 33.5 Å². The van der Waals surface area contributed by atoms with Gasteiger partial charge in [0.1, 0.15) is 0 Å². The van der Waals surface area contributed by atoms with Crippen LogP contribution in [0.25, 0.3) is 0 Å². The number of hydrogen-bond acceptors (Lipinski definition) is 4. The van der Waals surface area contributed by atoms with Gasteiger partial charge < -0.3 is 4.90 Å². The molecule has 23 heavy (non-hydrogen) atoms. The molecule has 124 valence electrons. The molecule has 3 rings (SSSR count). The summed E-state index contributed by atoms with van der Waals surface area (Å²) in [6, 6.07) is 13.2. The van der Waals surface area contributed by atoms with Crippen LogP contribution in [0.1, 0.15) is 18.4 Å². The highest BCUT2D eigenvalue weighted by Gasteiger charge is 2.21. The molecular formula is C19H28N4. The largest absolute Gasteiger partial charge is 0.301 e. The van der Waals surface area contributed by atoms with Gasteiger partial charge in [-0.2, -0.15) is 5.26 Å². The monoisotopic (exact) mass is 312 g/mol. The lowest BCUT2D eigenvalue weighted by molar-refractivity contribution is 0.106. The number of piperazine rings is 1. The highest BCUT2D eigenvalue weighted by Crippen LogP contribution is 2.15. The molecule has 1 atom stereocenters. The summed E-state index contributed by atoms with van der Waals surface area (Å²) in [6.07, 6.45) is 2.27. The van der Waals surface area contributed by atoms with Crippen LogP contribution in [0.15, 0.2) is 30.3 Å². The average Bonchev–Trinajstić information content (AvgIpc) is 2.62. The van der Waals surface area contributed by atoms with E-state index in [2.05, 4.69) is 51.1 Å². The van der Waals surface area contributed by atoms with Crippen molar-refractivity contribution in [3.05, 3.63) is 35.9 Å². The van der Waals surface area contributed by atoms with E-state index in [0.29, 0.717) is 0 Å². The summed E-state index contributed by atoms with van der Waals surface area (Å²) < 4.78 is 0. The zero-order chi connectivity index (χ0) is 15.9. The maximum atomic E-state index is 9.08. The number of nitrogens with zero attached hydrogens (tertiary/aromatic N) is 4. The number of rotatable bonds is 5. The highest BCUT2D eigenvalue weighted by atomic mass is 15.3. The van der Waals surface area contributed by atoms with Crippen molar-refractivity contribution < 1.29 is 0 Å². The first kappa shape index (κ1) is 16.4. The first-order chi connectivity index (χ1) is 11.3. The van der Waals surface area contributed by atoms with E-state index in [1.54, 1.807) is 0 Å². The Bertz CT molecular complexity index is 502. The van der Waals surface area contributed by atoms with E-state index >= 15 is 0 Å². The van der Waals surface area contributed by atoms with E-state index in [0.717, 1.165) is 45.7 Å². The Morgan fingerprint density at radius 3 is 2.35 bits per heavy atom. The fourth-order valence-corrected chi connectivity index (χ4v) is 3.66. The van der Waals surface area contributed by atoms with Gasteiger partial charge in [0.25, 0.3) is 0 Å². The van der Waals surface area contributed by atoms with Gasteiger partial charge in [-0.1, -0.05) is 30.3 Å². The van der Waals surface area contributed by atoms with Crippen molar-refractivity contribution in [1.82, 2.24) is 14.7 Å². The zero-order valence-electron chi connectivity index (χ0n) is 14.0. The van der Waals surface area contributed by atoms with E-state index in [1.165, 1.54) is 31.6 Å². The third-order valence-corrected chi connectivity index (χ3v) is 5.13. The lowest BCUT2D eigenvalue weighted by Gasteiger charge is -2.37. The van der Waals surface area contributed by atoms with Gasteiger partial charge in [-0.05, 0) is 24.9 Å². The second kappa shape index (κ2) is 8.44. The van der Waals surface area contributed by atoms with Gasteiger partial charge in [-0.3, -0.25) is 9.80 Å². The molecule has 0 aliphatic carbocycles. The van der Waals surface area contributed by atoms with Crippen LogP contribution in [0.5, 0.6) is 0 Å². The molecule has 0 radical (unpaired) electrons. The molecular weight excluding hydrogens is 284 g/mol. The minimum absolute atomic E-state index is 0.256. The van der Waals surface area contributed by atoms with Gasteiger partial charge >= 0.3 is 0 Å². The Morgan fingerprint density at radius 2 is 1.61 bits per heavy atom. The number of likely N-dealkylation sites (tertiary alicyclic amines) is 1. The average molecular weight is 312 g/mol. The third kappa shape index (κ3) is 5.04. The second-order valence-electron chi connectivity index (χ2n) is 6.87. The van der Waals surface area contributed by atoms with Crippen LogP contribution in [0.4, 0.5) is 0 Å². The lowest BCUT2D eigenvalue weighted by Crippen LogP contribution is -2.48. The highest BCUT2D eigenvalue weighted by molar-refractivity contribution is 5.14. The number of hydrogen-bond donors (Lipinski definition) is 0. The van der Waals surface area contributed by atoms with Crippen LogP contribution in [0, 0.1) is 17.2 Å². The fraction of sp³-hybridized carbons (Fsp3) is 0.632. The molecule has 4 nitrogen and oxygen atoms in total. The summed E-state index contributed by atoms with van der Waals surface area (Å²) >= 11 is 0. The quantitative estimate of drug-likeness (QED) is 0.833. The van der Waals surface area contributed by atoms with Gasteiger partial charge in [-0.15, -0.1) is 0 Å². The van der Waals surface area contributed by atoms with Crippen LogP contribution in [0.3, 0.4) is 0 Å². The van der Waals surface area contributed by atoms with E-state index in [-0.39, 0.29) is 5.92 Å². The number of nitriles is 1. The van der Waals surface area contributed by atoms with Crippen LogP contribution in [-0.4, -0.2) is 67.1 Å². The van der Waals surface area contributed by atoms with Crippen molar-refractivity contribution in [2.75, 3.05) is 52.4 Å². The summed E-state index contributed by atoms with van der Waals surface area (Å²) in [4.78, 5) is 7.61. The Hall–Kier alpha value is -1.41. The van der Waals surface area contributed by atoms with E-state index in [9.17, 15) is 0 Å². The maximum Gasteiger partial charge on any atom is 0.0669 e. The first-order valence-electron chi connectivity index (χ1n) is 8.94. The molecule has 2 fully saturated rings. The van der Waals surface area contributed by atoms with E-state index in [4.69, 9.17) is 5.26 Å². The van der Waals surface area contributed by atoms with Crippen molar-refractivity contribution in [2.24, 2.45) is 5.92 Å². The molecule has 4 heteroatoms. The molecule has 2 saturated heterocycles. The molecule has 0 saturated carbocycles. The summed E-state index contributed by atoms with van der Waals surface area (Å²) in [5.74, 6) is 0.256. The normalized spacial score (nSPS) is 24.4. The molecule has 1 aromatic rings. The van der Waals surface area contributed by atoms with Crippen LogP contribution in [0.2, 0.25) is 0 Å². The van der Waals surface area contributed by atoms with E-state index < -0.39 is 0 Å². The molecule has 0 unspecified atom stereocenters. The molecule has 2 heterocycles. The van der Waals surface area contributed by atoms with Crippen molar-refractivity contribution in [3.63, 3.8) is 0 Å². The summed E-state index contributed by atoms with van der Waals surface area (Å²) in [7, 11) is 0. The molecule has 2 aliphatic rings. The Kier molecular flexibility index (Phi) is 6.04. The van der Waals surface area contributed by atoms with Crippen molar-refractivity contribution in [3.8, 4) is 6.07 Å². The minimum Gasteiger partial charge on any atom is -0.301 e. The standard InChI is InChI=1S/C19H28N4/c20-15-19-7-4-8-22(17-19)12-9-21-10-13-23(14-11-21)16-18-5-2-1-3-6-18/h1-3,5-6,19H,4,7-14,16-17H2/t19-/m1/s1. The van der Waals surface area contributed by atoms with Crippen molar-refractivity contribution in [2.45, 2.75) is 19.4 Å². The molecule has 0 bridgehead atoms. The SMILES string of the molecule is N#C[C@H]1CCCN(CCN2CCN(Cc3ccccc3)CC2)C1. The first-order valence-corrected chi connectivity index (χ1v) is 8.94. The van der Waals surface area contributed by atoms with Gasteiger partial charge in [0.15, 0.2) is 0 Å². The Labute approximate surface area is 140 Å². The molecule has 2 aliphatic heterocycles. The molecule has 0 amide bonds. The number of benzene rings is 1. The smallest absolute Gasteiger partial charge is 0.0669 e. The Morgan fingerprint density at radius 1 is 0.913 bits per heavy atom. The zero-order valence-corrected chi connectivity index (χ0v) is 14.0. The van der Waals surface area contributed by atoms with Gasteiger partial charge in [0.2, 0.25) is 0 Å². The van der Waals surface area contributed by atoms with Crippen LogP contribution >= 0.6 is 0 Å². The fourth-order valence-electron chi connectivity index (χ4n) is 3.66. The van der Waals surface area contributed by atoms with Gasteiger partial charge in [0.05, 0.1) is 12.0 Å².